The number of rotatable bonds is 7. The molecule has 2 aromatic carbocycles. The Hall–Kier alpha value is -3.26. The molecule has 0 saturated carbocycles. The minimum absolute atomic E-state index is 0.0424. The van der Waals surface area contributed by atoms with Crippen molar-refractivity contribution in [2.45, 2.75) is 18.9 Å². The van der Waals surface area contributed by atoms with E-state index in [1.807, 2.05) is 37.3 Å². The van der Waals surface area contributed by atoms with E-state index in [4.69, 9.17) is 4.74 Å². The van der Waals surface area contributed by atoms with Crippen molar-refractivity contribution >= 4 is 23.2 Å². The molecule has 0 radical (unpaired) electrons. The van der Waals surface area contributed by atoms with Crippen LogP contribution in [0, 0.1) is 10.1 Å². The van der Waals surface area contributed by atoms with Crippen molar-refractivity contribution in [1.29, 1.82) is 0 Å². The van der Waals surface area contributed by atoms with Crippen LogP contribution in [0.15, 0.2) is 54.6 Å². The van der Waals surface area contributed by atoms with Gasteiger partial charge in [-0.25, -0.2) is 0 Å². The summed E-state index contributed by atoms with van der Waals surface area (Å²) in [5, 5.41) is 15.8. The van der Waals surface area contributed by atoms with Crippen molar-refractivity contribution < 1.29 is 19.2 Å². The van der Waals surface area contributed by atoms with Crippen LogP contribution in [0.3, 0.4) is 0 Å². The van der Waals surface area contributed by atoms with Gasteiger partial charge in [0.05, 0.1) is 11.5 Å². The van der Waals surface area contributed by atoms with E-state index in [9.17, 15) is 19.7 Å². The molecule has 0 aromatic heterocycles. The molecule has 8 nitrogen and oxygen atoms in total. The van der Waals surface area contributed by atoms with Crippen LogP contribution in [-0.4, -0.2) is 30.4 Å². The lowest BCUT2D eigenvalue weighted by molar-refractivity contribution is -0.383. The van der Waals surface area contributed by atoms with Crippen LogP contribution in [0.4, 0.5) is 11.4 Å². The van der Waals surface area contributed by atoms with E-state index < -0.39 is 22.3 Å². The standard InChI is InChI=1S/C19H21N3O5/c1-3-19(27-2,14-9-5-4-6-10-14)13-20-17(23)18(24)21-15-11-7-8-12-16(15)22(25)26/h4-12H,3,13H2,1-2H3,(H,20,23)(H,21,24). The Morgan fingerprint density at radius 1 is 1.07 bits per heavy atom. The maximum atomic E-state index is 12.2. The second-order valence-electron chi connectivity index (χ2n) is 5.83. The van der Waals surface area contributed by atoms with Gasteiger partial charge in [0, 0.05) is 13.2 Å². The molecule has 8 heteroatoms. The highest BCUT2D eigenvalue weighted by molar-refractivity contribution is 6.39. The van der Waals surface area contributed by atoms with Crippen molar-refractivity contribution in [1.82, 2.24) is 5.32 Å². The second kappa shape index (κ2) is 8.91. The Morgan fingerprint density at radius 2 is 1.70 bits per heavy atom. The summed E-state index contributed by atoms with van der Waals surface area (Å²) in [6.07, 6.45) is 0.569. The maximum absolute atomic E-state index is 12.2. The lowest BCUT2D eigenvalue weighted by Crippen LogP contribution is -2.45. The second-order valence-corrected chi connectivity index (χ2v) is 5.83. The monoisotopic (exact) mass is 371 g/mol. The van der Waals surface area contributed by atoms with Gasteiger partial charge in [-0.2, -0.15) is 0 Å². The van der Waals surface area contributed by atoms with Crippen molar-refractivity contribution in [3.8, 4) is 0 Å². The van der Waals surface area contributed by atoms with Crippen LogP contribution in [0.2, 0.25) is 0 Å². The number of nitrogens with zero attached hydrogens (tertiary/aromatic N) is 1. The lowest BCUT2D eigenvalue weighted by Gasteiger charge is -2.32. The van der Waals surface area contributed by atoms with E-state index >= 15 is 0 Å². The minimum atomic E-state index is -0.988. The highest BCUT2D eigenvalue weighted by atomic mass is 16.6. The van der Waals surface area contributed by atoms with Crippen molar-refractivity contribution in [2.24, 2.45) is 0 Å². The molecule has 2 amide bonds. The molecule has 0 aliphatic carbocycles. The summed E-state index contributed by atoms with van der Waals surface area (Å²) >= 11 is 0. The molecule has 0 aliphatic rings. The van der Waals surface area contributed by atoms with Crippen LogP contribution in [-0.2, 0) is 19.9 Å². The Labute approximate surface area is 156 Å². The molecule has 0 fully saturated rings. The first-order valence-electron chi connectivity index (χ1n) is 8.37. The molecular weight excluding hydrogens is 350 g/mol. The molecule has 0 aliphatic heterocycles. The molecule has 0 bridgehead atoms. The minimum Gasteiger partial charge on any atom is -0.372 e. The third kappa shape index (κ3) is 4.68. The van der Waals surface area contributed by atoms with E-state index in [1.165, 1.54) is 31.4 Å². The molecule has 1 unspecified atom stereocenters. The summed E-state index contributed by atoms with van der Waals surface area (Å²) in [4.78, 5) is 34.7. The van der Waals surface area contributed by atoms with Gasteiger partial charge in [-0.3, -0.25) is 19.7 Å². The Bertz CT molecular complexity index is 819. The molecule has 0 saturated heterocycles. The summed E-state index contributed by atoms with van der Waals surface area (Å²) in [5.74, 6) is -1.89. The van der Waals surface area contributed by atoms with Gasteiger partial charge >= 0.3 is 11.8 Å². The van der Waals surface area contributed by atoms with Gasteiger partial charge in [-0.05, 0) is 18.1 Å². The Balaban J connectivity index is 2.08. The molecule has 2 rings (SSSR count). The Morgan fingerprint density at radius 3 is 2.30 bits per heavy atom. The SMILES string of the molecule is CCC(CNC(=O)C(=O)Nc1ccccc1[N+](=O)[O-])(OC)c1ccccc1. The number of methoxy groups -OCH3 is 1. The zero-order chi connectivity index (χ0) is 19.9. The van der Waals surface area contributed by atoms with Gasteiger partial charge in [0.2, 0.25) is 0 Å². The van der Waals surface area contributed by atoms with Gasteiger partial charge in [0.1, 0.15) is 11.3 Å². The number of nitrogens with one attached hydrogen (secondary N) is 2. The smallest absolute Gasteiger partial charge is 0.313 e. The number of hydrogen-bond donors (Lipinski definition) is 2. The molecule has 2 aromatic rings. The molecular formula is C19H21N3O5. The number of para-hydroxylation sites is 2. The van der Waals surface area contributed by atoms with Crippen LogP contribution in [0.1, 0.15) is 18.9 Å². The van der Waals surface area contributed by atoms with E-state index in [1.54, 1.807) is 0 Å². The summed E-state index contributed by atoms with van der Waals surface area (Å²) in [6, 6.07) is 15.0. The first kappa shape index (κ1) is 20.1. The largest absolute Gasteiger partial charge is 0.372 e. The molecule has 0 spiro atoms. The summed E-state index contributed by atoms with van der Waals surface area (Å²) in [7, 11) is 1.54. The third-order valence-electron chi connectivity index (χ3n) is 4.35. The van der Waals surface area contributed by atoms with Crippen LogP contribution in [0.5, 0.6) is 0 Å². The third-order valence-corrected chi connectivity index (χ3v) is 4.35. The number of hydrogen-bond acceptors (Lipinski definition) is 5. The molecule has 2 N–H and O–H groups in total. The van der Waals surface area contributed by atoms with Crippen LogP contribution >= 0.6 is 0 Å². The van der Waals surface area contributed by atoms with Gasteiger partial charge in [0.15, 0.2) is 0 Å². The van der Waals surface area contributed by atoms with Gasteiger partial charge in [-0.15, -0.1) is 0 Å². The molecule has 142 valence electrons. The van der Waals surface area contributed by atoms with Gasteiger partial charge in [0.25, 0.3) is 5.69 Å². The van der Waals surface area contributed by atoms with Crippen molar-refractivity contribution in [2.75, 3.05) is 19.0 Å². The van der Waals surface area contributed by atoms with E-state index in [0.717, 1.165) is 5.56 Å². The number of carbonyl (C=O) groups is 2. The number of amides is 2. The lowest BCUT2D eigenvalue weighted by atomic mass is 9.90. The number of benzene rings is 2. The highest BCUT2D eigenvalue weighted by Crippen LogP contribution is 2.28. The molecule has 27 heavy (non-hydrogen) atoms. The number of nitro benzene ring substituents is 1. The number of carbonyl (C=O) groups excluding carboxylic acids is 2. The average molecular weight is 371 g/mol. The maximum Gasteiger partial charge on any atom is 0.313 e. The van der Waals surface area contributed by atoms with Crippen LogP contribution in [0.25, 0.3) is 0 Å². The Kier molecular flexibility index (Phi) is 6.62. The predicted octanol–water partition coefficient (Wildman–Crippen LogP) is 2.60. The quantitative estimate of drug-likeness (QED) is 0.441. The summed E-state index contributed by atoms with van der Waals surface area (Å²) in [5.41, 5.74) is -0.244. The zero-order valence-electron chi connectivity index (χ0n) is 15.1. The topological polar surface area (TPSA) is 111 Å². The normalized spacial score (nSPS) is 12.7. The first-order valence-corrected chi connectivity index (χ1v) is 8.37. The van der Waals surface area contributed by atoms with Crippen molar-refractivity contribution in [3.63, 3.8) is 0 Å². The van der Waals surface area contributed by atoms with E-state index in [2.05, 4.69) is 10.6 Å². The number of anilines is 1. The first-order chi connectivity index (χ1) is 12.9. The average Bonchev–Trinajstić information content (AvgIpc) is 2.70. The number of ether oxygens (including phenoxy) is 1. The molecule has 1 atom stereocenters. The highest BCUT2D eigenvalue weighted by Gasteiger charge is 2.31. The van der Waals surface area contributed by atoms with E-state index in [0.29, 0.717) is 6.42 Å². The zero-order valence-corrected chi connectivity index (χ0v) is 15.1. The fraction of sp³-hybridized carbons (Fsp3) is 0.263. The van der Waals surface area contributed by atoms with Gasteiger partial charge in [-0.1, -0.05) is 49.4 Å². The predicted molar refractivity (Wildman–Crippen MR) is 100 cm³/mol. The number of nitro groups is 1. The molecule has 0 heterocycles. The summed E-state index contributed by atoms with van der Waals surface area (Å²) in [6.45, 7) is 1.99. The van der Waals surface area contributed by atoms with Gasteiger partial charge < -0.3 is 15.4 Å². The fourth-order valence-electron chi connectivity index (χ4n) is 2.73. The van der Waals surface area contributed by atoms with E-state index in [-0.39, 0.29) is 17.9 Å². The summed E-state index contributed by atoms with van der Waals surface area (Å²) < 4.78 is 5.64. The van der Waals surface area contributed by atoms with Crippen molar-refractivity contribution in [3.05, 3.63) is 70.3 Å². The fourth-order valence-corrected chi connectivity index (χ4v) is 2.73. The van der Waals surface area contributed by atoms with Crippen LogP contribution < -0.4 is 10.6 Å².